The van der Waals surface area contributed by atoms with E-state index in [4.69, 9.17) is 14.2 Å². The third-order valence-corrected chi connectivity index (χ3v) is 5.98. The van der Waals surface area contributed by atoms with E-state index in [0.29, 0.717) is 17.2 Å². The second kappa shape index (κ2) is 12.7. The number of methoxy groups -OCH3 is 3. The van der Waals surface area contributed by atoms with Gasteiger partial charge < -0.3 is 19.1 Å². The number of nitrogens with one attached hydrogen (secondary N) is 1. The largest absolute Gasteiger partial charge is 0.497 e. The molecule has 1 heterocycles. The zero-order valence-electron chi connectivity index (χ0n) is 21.9. The van der Waals surface area contributed by atoms with Gasteiger partial charge in [-0.1, -0.05) is 12.1 Å². The number of ether oxygens (including phenoxy) is 3. The molecule has 10 heteroatoms. The van der Waals surface area contributed by atoms with E-state index in [1.165, 1.54) is 30.2 Å². The first kappa shape index (κ1) is 27.3. The highest BCUT2D eigenvalue weighted by Gasteiger charge is 2.23. The fraction of sp³-hybridized carbons (Fsp3) is 0.207. The quantitative estimate of drug-likeness (QED) is 0.307. The highest BCUT2D eigenvalue weighted by molar-refractivity contribution is 5.99. The number of imidazole rings is 1. The summed E-state index contributed by atoms with van der Waals surface area (Å²) in [4.78, 5) is 32.1. The third kappa shape index (κ3) is 6.60. The van der Waals surface area contributed by atoms with Gasteiger partial charge in [0.2, 0.25) is 11.9 Å². The fourth-order valence-corrected chi connectivity index (χ4v) is 3.91. The second-order valence-electron chi connectivity index (χ2n) is 8.49. The number of hydrogen-bond donors (Lipinski definition) is 1. The van der Waals surface area contributed by atoms with Crippen molar-refractivity contribution in [1.82, 2.24) is 14.5 Å². The molecule has 0 atom stereocenters. The van der Waals surface area contributed by atoms with Crippen molar-refractivity contribution < 1.29 is 28.2 Å². The Kier molecular flexibility index (Phi) is 8.90. The molecule has 1 N–H and O–H groups in total. The monoisotopic (exact) mass is 532 g/mol. The number of carbonyl (C=O) groups is 2. The number of carbonyl (C=O) groups excluding carboxylic acids is 2. The third-order valence-electron chi connectivity index (χ3n) is 5.98. The van der Waals surface area contributed by atoms with Crippen LogP contribution in [0, 0.1) is 5.82 Å². The Labute approximate surface area is 225 Å². The van der Waals surface area contributed by atoms with Gasteiger partial charge >= 0.3 is 0 Å². The molecule has 3 aromatic carbocycles. The number of aromatic nitrogens is 2. The highest BCUT2D eigenvalue weighted by Crippen LogP contribution is 2.27. The Morgan fingerprint density at radius 2 is 1.56 bits per heavy atom. The van der Waals surface area contributed by atoms with Crippen LogP contribution in [0.2, 0.25) is 0 Å². The summed E-state index contributed by atoms with van der Waals surface area (Å²) < 4.78 is 31.6. The first-order chi connectivity index (χ1) is 18.9. The van der Waals surface area contributed by atoms with Crippen LogP contribution in [-0.2, 0) is 9.53 Å². The zero-order chi connectivity index (χ0) is 27.8. The summed E-state index contributed by atoms with van der Waals surface area (Å²) in [6, 6.07) is 20.3. The lowest BCUT2D eigenvalue weighted by Crippen LogP contribution is -2.40. The molecule has 9 nitrogen and oxygen atoms in total. The maximum atomic E-state index is 14.3. The summed E-state index contributed by atoms with van der Waals surface area (Å²) in [6.07, 6.45) is 1.80. The first-order valence-electron chi connectivity index (χ1n) is 12.1. The summed E-state index contributed by atoms with van der Waals surface area (Å²) in [5.74, 6) is -0.140. The molecule has 0 spiro atoms. The van der Waals surface area contributed by atoms with Gasteiger partial charge in [-0.05, 0) is 60.7 Å². The molecule has 2 amide bonds. The SMILES string of the molecule is COCCN(CC(=O)Nc1nc(-c2ccc(OC)cc2)cn1-c1ccc(OC)cc1)C(=O)c1ccccc1F. The van der Waals surface area contributed by atoms with E-state index in [0.717, 1.165) is 11.3 Å². The molecule has 202 valence electrons. The topological polar surface area (TPSA) is 94.9 Å². The van der Waals surface area contributed by atoms with Crippen LogP contribution >= 0.6 is 0 Å². The molecule has 0 saturated heterocycles. The lowest BCUT2D eigenvalue weighted by atomic mass is 10.1. The van der Waals surface area contributed by atoms with Crippen LogP contribution in [0.15, 0.2) is 79.0 Å². The smallest absolute Gasteiger partial charge is 0.257 e. The molecular weight excluding hydrogens is 503 g/mol. The predicted octanol–water partition coefficient (Wildman–Crippen LogP) is 4.42. The number of nitrogens with zero attached hydrogens (tertiary/aromatic N) is 3. The molecule has 0 saturated carbocycles. The summed E-state index contributed by atoms with van der Waals surface area (Å²) in [7, 11) is 4.66. The van der Waals surface area contributed by atoms with Crippen LogP contribution in [0.4, 0.5) is 10.3 Å². The lowest BCUT2D eigenvalue weighted by molar-refractivity contribution is -0.117. The molecule has 4 aromatic rings. The highest BCUT2D eigenvalue weighted by atomic mass is 19.1. The lowest BCUT2D eigenvalue weighted by Gasteiger charge is -2.22. The minimum Gasteiger partial charge on any atom is -0.497 e. The van der Waals surface area contributed by atoms with E-state index in [9.17, 15) is 14.0 Å². The molecule has 0 fully saturated rings. The fourth-order valence-electron chi connectivity index (χ4n) is 3.91. The number of halogens is 1. The molecule has 0 unspecified atom stereocenters. The molecule has 0 aliphatic heterocycles. The second-order valence-corrected chi connectivity index (χ2v) is 8.49. The van der Waals surface area contributed by atoms with E-state index >= 15 is 0 Å². The summed E-state index contributed by atoms with van der Waals surface area (Å²) in [5.41, 5.74) is 2.04. The Morgan fingerprint density at radius 3 is 2.18 bits per heavy atom. The maximum Gasteiger partial charge on any atom is 0.257 e. The van der Waals surface area contributed by atoms with Crippen molar-refractivity contribution >= 4 is 17.8 Å². The van der Waals surface area contributed by atoms with E-state index in [-0.39, 0.29) is 31.2 Å². The predicted molar refractivity (Wildman–Crippen MR) is 145 cm³/mol. The molecule has 0 radical (unpaired) electrons. The minimum absolute atomic E-state index is 0.0983. The molecule has 0 bridgehead atoms. The molecule has 4 rings (SSSR count). The van der Waals surface area contributed by atoms with Crippen LogP contribution in [0.1, 0.15) is 10.4 Å². The van der Waals surface area contributed by atoms with Gasteiger partial charge in [0, 0.05) is 31.1 Å². The number of hydrogen-bond acceptors (Lipinski definition) is 6. The maximum absolute atomic E-state index is 14.3. The van der Waals surface area contributed by atoms with Gasteiger partial charge in [0.25, 0.3) is 5.91 Å². The minimum atomic E-state index is -0.662. The number of rotatable bonds is 11. The standard InChI is InChI=1S/C29H29FN4O5/c1-37-17-16-33(28(36)24-6-4-5-7-25(24)30)19-27(35)32-29-31-26(20-8-12-22(38-2)13-9-20)18-34(29)21-10-14-23(39-3)15-11-21/h4-15,18H,16-17,19H2,1-3H3,(H,31,32,35). The average Bonchev–Trinajstić information content (AvgIpc) is 3.38. The summed E-state index contributed by atoms with van der Waals surface area (Å²) in [5, 5.41) is 2.81. The molecule has 39 heavy (non-hydrogen) atoms. The summed E-state index contributed by atoms with van der Waals surface area (Å²) in [6.45, 7) is -0.0550. The van der Waals surface area contributed by atoms with Crippen molar-refractivity contribution in [1.29, 1.82) is 0 Å². The van der Waals surface area contributed by atoms with E-state index in [1.807, 2.05) is 36.4 Å². The van der Waals surface area contributed by atoms with Gasteiger partial charge in [0.05, 0.1) is 32.1 Å². The number of benzene rings is 3. The molecular formula is C29H29FN4O5. The van der Waals surface area contributed by atoms with Crippen LogP contribution in [0.5, 0.6) is 11.5 Å². The first-order valence-corrected chi connectivity index (χ1v) is 12.1. The average molecular weight is 533 g/mol. The van der Waals surface area contributed by atoms with Gasteiger partial charge in [0.15, 0.2) is 0 Å². The number of anilines is 1. The van der Waals surface area contributed by atoms with Crippen LogP contribution in [0.25, 0.3) is 16.9 Å². The zero-order valence-corrected chi connectivity index (χ0v) is 21.9. The van der Waals surface area contributed by atoms with E-state index < -0.39 is 17.6 Å². The van der Waals surface area contributed by atoms with Crippen LogP contribution in [-0.4, -0.2) is 67.3 Å². The van der Waals surface area contributed by atoms with Crippen molar-refractivity contribution in [3.63, 3.8) is 0 Å². The van der Waals surface area contributed by atoms with Crippen LogP contribution < -0.4 is 14.8 Å². The van der Waals surface area contributed by atoms with Gasteiger partial charge in [-0.25, -0.2) is 9.37 Å². The van der Waals surface area contributed by atoms with Gasteiger partial charge in [-0.2, -0.15) is 0 Å². The van der Waals surface area contributed by atoms with Gasteiger partial charge in [-0.3, -0.25) is 19.5 Å². The van der Waals surface area contributed by atoms with Crippen molar-refractivity contribution in [3.05, 3.63) is 90.4 Å². The van der Waals surface area contributed by atoms with Crippen molar-refractivity contribution in [2.75, 3.05) is 46.3 Å². The molecule has 0 aliphatic rings. The van der Waals surface area contributed by atoms with Crippen LogP contribution in [0.3, 0.4) is 0 Å². The Bertz CT molecular complexity index is 1420. The van der Waals surface area contributed by atoms with Crippen molar-refractivity contribution in [2.24, 2.45) is 0 Å². The molecule has 1 aromatic heterocycles. The normalized spacial score (nSPS) is 10.7. The number of amides is 2. The van der Waals surface area contributed by atoms with Gasteiger partial charge in [0.1, 0.15) is 23.9 Å². The summed E-state index contributed by atoms with van der Waals surface area (Å²) >= 11 is 0. The van der Waals surface area contributed by atoms with E-state index in [2.05, 4.69) is 10.3 Å². The Hall–Kier alpha value is -4.70. The van der Waals surface area contributed by atoms with Crippen molar-refractivity contribution in [2.45, 2.75) is 0 Å². The van der Waals surface area contributed by atoms with Crippen molar-refractivity contribution in [3.8, 4) is 28.4 Å². The Balaban J connectivity index is 1.62. The van der Waals surface area contributed by atoms with E-state index in [1.54, 1.807) is 43.2 Å². The van der Waals surface area contributed by atoms with Gasteiger partial charge in [-0.15, -0.1) is 0 Å². The Morgan fingerprint density at radius 1 is 0.923 bits per heavy atom. The molecule has 0 aliphatic carbocycles.